The summed E-state index contributed by atoms with van der Waals surface area (Å²) < 4.78 is 7.14. The molecule has 0 radical (unpaired) electrons. The Kier molecular flexibility index (Phi) is 7.38. The maximum absolute atomic E-state index is 5.35. The van der Waals surface area contributed by atoms with Crippen LogP contribution in [0.5, 0.6) is 0 Å². The molecule has 0 saturated carbocycles. The van der Waals surface area contributed by atoms with Crippen molar-refractivity contribution in [2.24, 2.45) is 0 Å². The normalized spacial score (nSPS) is 11.9. The lowest BCUT2D eigenvalue weighted by atomic mass is 10.0. The molecule has 7 aromatic carbocycles. The Hall–Kier alpha value is -6.71. The highest BCUT2D eigenvalue weighted by Gasteiger charge is 2.20. The maximum Gasteiger partial charge on any atom is 0.164 e. The number of rotatable bonds is 5. The third-order valence-corrected chi connectivity index (χ3v) is 14.0. The van der Waals surface area contributed by atoms with Crippen LogP contribution in [0, 0.1) is 0 Å². The highest BCUT2D eigenvalue weighted by Crippen LogP contribution is 2.44. The SMILES string of the molecule is c1ccc(-c2nc(-c3ccc4c(c3)sc3ccccc34)nc(-c3ccc4sc5cccc(-c6nc(-c7ccccc7)c7sc8ccccc8c7n6)c5c4c3)n2)cc1. The summed E-state index contributed by atoms with van der Waals surface area (Å²) in [5.41, 5.74) is 6.84. The smallest absolute Gasteiger partial charge is 0.164 e. The Balaban J connectivity index is 1.06. The van der Waals surface area contributed by atoms with Gasteiger partial charge in [0.1, 0.15) is 0 Å². The Morgan fingerprint density at radius 1 is 0.316 bits per heavy atom. The molecule has 5 heterocycles. The van der Waals surface area contributed by atoms with Crippen molar-refractivity contribution in [3.05, 3.63) is 164 Å². The molecule has 0 unspecified atom stereocenters. The quantitative estimate of drug-likeness (QED) is 0.174. The Bertz CT molecular complexity index is 3530. The van der Waals surface area contributed by atoms with Crippen LogP contribution in [0.2, 0.25) is 0 Å². The number of aromatic nitrogens is 5. The number of benzene rings is 7. The molecule has 8 heteroatoms. The molecule has 266 valence electrons. The molecule has 0 amide bonds. The standard InChI is InChI=1S/C49H27N5S3/c1-3-12-28(13-4-1)43-45-44(34-17-8-10-20-38(34)57-45)51-49(50-43)35-18-11-21-40-42(35)36-26-30(23-25-39(36)55-40)47-52-46(29-14-5-2-6-15-29)53-48(54-47)31-22-24-33-32-16-7-9-19-37(32)56-41(33)27-31/h1-27H. The molecule has 12 rings (SSSR count). The van der Waals surface area contributed by atoms with Gasteiger partial charge in [-0.25, -0.2) is 24.9 Å². The van der Waals surface area contributed by atoms with E-state index < -0.39 is 0 Å². The summed E-state index contributed by atoms with van der Waals surface area (Å²) in [5, 5.41) is 5.91. The topological polar surface area (TPSA) is 64.5 Å². The van der Waals surface area contributed by atoms with Crippen LogP contribution in [0.3, 0.4) is 0 Å². The molecule has 5 nitrogen and oxygen atoms in total. The molecule has 12 aromatic rings. The number of thiophene rings is 3. The molecular weight excluding hydrogens is 755 g/mol. The molecule has 0 saturated heterocycles. The molecule has 0 N–H and O–H groups in total. The fourth-order valence-corrected chi connectivity index (χ4v) is 11.3. The summed E-state index contributed by atoms with van der Waals surface area (Å²) in [6, 6.07) is 57.3. The van der Waals surface area contributed by atoms with E-state index in [1.54, 1.807) is 34.0 Å². The molecule has 0 aliphatic rings. The summed E-state index contributed by atoms with van der Waals surface area (Å²) in [4.78, 5) is 26.0. The van der Waals surface area contributed by atoms with Crippen LogP contribution in [0.25, 0.3) is 117 Å². The van der Waals surface area contributed by atoms with Gasteiger partial charge in [-0.15, -0.1) is 34.0 Å². The van der Waals surface area contributed by atoms with Gasteiger partial charge in [0.15, 0.2) is 23.3 Å². The summed E-state index contributed by atoms with van der Waals surface area (Å²) >= 11 is 5.33. The second-order valence-corrected chi connectivity index (χ2v) is 17.2. The van der Waals surface area contributed by atoms with E-state index in [-0.39, 0.29) is 0 Å². The van der Waals surface area contributed by atoms with E-state index in [1.165, 1.54) is 34.3 Å². The van der Waals surface area contributed by atoms with Crippen LogP contribution in [0.1, 0.15) is 0 Å². The van der Waals surface area contributed by atoms with E-state index in [2.05, 4.69) is 140 Å². The predicted octanol–water partition coefficient (Wildman–Crippen LogP) is 14.1. The van der Waals surface area contributed by atoms with E-state index in [0.29, 0.717) is 23.3 Å². The van der Waals surface area contributed by atoms with Crippen LogP contribution in [-0.4, -0.2) is 24.9 Å². The summed E-state index contributed by atoms with van der Waals surface area (Å²) in [7, 11) is 0. The molecule has 0 aliphatic carbocycles. The van der Waals surface area contributed by atoms with Gasteiger partial charge in [0.2, 0.25) is 0 Å². The highest BCUT2D eigenvalue weighted by atomic mass is 32.1. The lowest BCUT2D eigenvalue weighted by molar-refractivity contribution is 1.08. The van der Waals surface area contributed by atoms with Crippen LogP contribution in [0.15, 0.2) is 164 Å². The average Bonchev–Trinajstić information content (AvgIpc) is 3.97. The predicted molar refractivity (Wildman–Crippen MR) is 241 cm³/mol. The highest BCUT2D eigenvalue weighted by molar-refractivity contribution is 7.26. The van der Waals surface area contributed by atoms with Crippen molar-refractivity contribution in [2.45, 2.75) is 0 Å². The van der Waals surface area contributed by atoms with Crippen LogP contribution in [-0.2, 0) is 0 Å². The minimum atomic E-state index is 0.628. The Morgan fingerprint density at radius 2 is 0.895 bits per heavy atom. The Morgan fingerprint density at radius 3 is 1.68 bits per heavy atom. The number of hydrogen-bond donors (Lipinski definition) is 0. The van der Waals surface area contributed by atoms with Crippen LogP contribution < -0.4 is 0 Å². The van der Waals surface area contributed by atoms with E-state index in [4.69, 9.17) is 24.9 Å². The first-order valence-corrected chi connectivity index (χ1v) is 21.1. The maximum atomic E-state index is 5.35. The lowest BCUT2D eigenvalue weighted by Gasteiger charge is -2.10. The third-order valence-electron chi connectivity index (χ3n) is 10.6. The van der Waals surface area contributed by atoms with Gasteiger partial charge in [0, 0.05) is 78.2 Å². The van der Waals surface area contributed by atoms with Gasteiger partial charge in [0.25, 0.3) is 0 Å². The molecule has 0 atom stereocenters. The van der Waals surface area contributed by atoms with Gasteiger partial charge in [0.05, 0.1) is 15.9 Å². The van der Waals surface area contributed by atoms with Crippen molar-refractivity contribution in [3.63, 3.8) is 0 Å². The Labute approximate surface area is 338 Å². The van der Waals surface area contributed by atoms with Gasteiger partial charge in [-0.2, -0.15) is 0 Å². The summed E-state index contributed by atoms with van der Waals surface area (Å²) in [6.07, 6.45) is 0. The first-order valence-electron chi connectivity index (χ1n) is 18.7. The zero-order valence-corrected chi connectivity index (χ0v) is 32.5. The second-order valence-electron chi connectivity index (χ2n) is 14.0. The van der Waals surface area contributed by atoms with E-state index in [9.17, 15) is 0 Å². The van der Waals surface area contributed by atoms with Gasteiger partial charge < -0.3 is 0 Å². The molecule has 0 aliphatic heterocycles. The van der Waals surface area contributed by atoms with Crippen molar-refractivity contribution >= 4 is 94.7 Å². The monoisotopic (exact) mass is 781 g/mol. The third kappa shape index (κ3) is 5.37. The average molecular weight is 782 g/mol. The number of hydrogen-bond acceptors (Lipinski definition) is 8. The van der Waals surface area contributed by atoms with Crippen molar-refractivity contribution in [3.8, 4) is 56.8 Å². The van der Waals surface area contributed by atoms with E-state index in [0.717, 1.165) is 59.9 Å². The van der Waals surface area contributed by atoms with Crippen molar-refractivity contribution < 1.29 is 0 Å². The van der Waals surface area contributed by atoms with Crippen molar-refractivity contribution in [2.75, 3.05) is 0 Å². The first-order chi connectivity index (χ1) is 28.2. The summed E-state index contributed by atoms with van der Waals surface area (Å²) in [6.45, 7) is 0. The number of nitrogens with zero attached hydrogens (tertiary/aromatic N) is 5. The van der Waals surface area contributed by atoms with Crippen molar-refractivity contribution in [1.82, 2.24) is 24.9 Å². The minimum absolute atomic E-state index is 0.628. The fraction of sp³-hybridized carbons (Fsp3) is 0. The molecular formula is C49H27N5S3. The second kappa shape index (κ2) is 12.9. The zero-order valence-electron chi connectivity index (χ0n) is 30.0. The largest absolute Gasteiger partial charge is 0.226 e. The molecule has 0 spiro atoms. The molecule has 57 heavy (non-hydrogen) atoms. The van der Waals surface area contributed by atoms with Gasteiger partial charge >= 0.3 is 0 Å². The molecule has 0 fully saturated rings. The van der Waals surface area contributed by atoms with E-state index >= 15 is 0 Å². The molecule has 0 bridgehead atoms. The van der Waals surface area contributed by atoms with Crippen molar-refractivity contribution in [1.29, 1.82) is 0 Å². The number of fused-ring (bicyclic) bond motifs is 9. The summed E-state index contributed by atoms with van der Waals surface area (Å²) in [5.74, 6) is 2.63. The minimum Gasteiger partial charge on any atom is -0.226 e. The van der Waals surface area contributed by atoms with E-state index in [1.807, 2.05) is 24.3 Å². The molecule has 5 aromatic heterocycles. The van der Waals surface area contributed by atoms with Crippen LogP contribution >= 0.6 is 34.0 Å². The van der Waals surface area contributed by atoms with Crippen LogP contribution in [0.4, 0.5) is 0 Å². The first kappa shape index (κ1) is 32.5. The lowest BCUT2D eigenvalue weighted by Crippen LogP contribution is -2.00. The fourth-order valence-electron chi connectivity index (χ4n) is 7.87. The zero-order chi connectivity index (χ0) is 37.5. The van der Waals surface area contributed by atoms with Gasteiger partial charge in [-0.3, -0.25) is 0 Å². The van der Waals surface area contributed by atoms with Gasteiger partial charge in [-0.1, -0.05) is 121 Å². The van der Waals surface area contributed by atoms with Gasteiger partial charge in [-0.05, 0) is 42.5 Å².